The lowest BCUT2D eigenvalue weighted by Gasteiger charge is -2.18. The maximum Gasteiger partial charge on any atom is 0.203 e. The lowest BCUT2D eigenvalue weighted by Crippen LogP contribution is -2.15. The van der Waals surface area contributed by atoms with Gasteiger partial charge in [-0.25, -0.2) is 0 Å². The molecule has 0 spiro atoms. The molecular formula is C13H8BrClO3S. The van der Waals surface area contributed by atoms with Gasteiger partial charge in [-0.05, 0) is 40.2 Å². The molecule has 98 valence electrons. The normalized spacial score (nSPS) is 13.4. The van der Waals surface area contributed by atoms with Gasteiger partial charge in [0.25, 0.3) is 0 Å². The van der Waals surface area contributed by atoms with E-state index < -0.39 is 0 Å². The average Bonchev–Trinajstić information content (AvgIpc) is 2.77. The van der Waals surface area contributed by atoms with Gasteiger partial charge in [-0.1, -0.05) is 11.6 Å². The highest BCUT2D eigenvalue weighted by Gasteiger charge is 2.18. The van der Waals surface area contributed by atoms with Crippen molar-refractivity contribution in [1.29, 1.82) is 0 Å². The lowest BCUT2D eigenvalue weighted by molar-refractivity contribution is 0.104. The van der Waals surface area contributed by atoms with Crippen LogP contribution >= 0.6 is 38.9 Å². The number of hydrogen-bond donors (Lipinski definition) is 0. The Kier molecular flexibility index (Phi) is 3.52. The summed E-state index contributed by atoms with van der Waals surface area (Å²) in [6.45, 7) is 1.04. The Labute approximate surface area is 127 Å². The van der Waals surface area contributed by atoms with E-state index in [1.165, 1.54) is 11.3 Å². The molecule has 3 nitrogen and oxygen atoms in total. The van der Waals surface area contributed by atoms with E-state index in [1.807, 2.05) is 0 Å². The monoisotopic (exact) mass is 358 g/mol. The van der Waals surface area contributed by atoms with Gasteiger partial charge in [-0.3, -0.25) is 4.79 Å². The Morgan fingerprint density at radius 1 is 1.21 bits per heavy atom. The third kappa shape index (κ3) is 2.50. The number of ketones is 1. The van der Waals surface area contributed by atoms with Crippen LogP contribution in [0.1, 0.15) is 15.2 Å². The Morgan fingerprint density at radius 2 is 1.95 bits per heavy atom. The van der Waals surface area contributed by atoms with Crippen molar-refractivity contribution < 1.29 is 14.3 Å². The van der Waals surface area contributed by atoms with E-state index in [0.717, 1.165) is 3.79 Å². The molecule has 0 fully saturated rings. The van der Waals surface area contributed by atoms with Gasteiger partial charge < -0.3 is 9.47 Å². The van der Waals surface area contributed by atoms with E-state index >= 15 is 0 Å². The molecular weight excluding hydrogens is 352 g/mol. The standard InChI is InChI=1S/C13H8BrClO3S/c14-13-8(15)6-11(19-13)12(16)7-1-2-9-10(5-7)18-4-3-17-9/h1-2,5-6H,3-4H2. The predicted octanol–water partition coefficient (Wildman–Crippen LogP) is 4.17. The molecule has 3 rings (SSSR count). The number of hydrogen-bond acceptors (Lipinski definition) is 4. The molecule has 0 bridgehead atoms. The zero-order chi connectivity index (χ0) is 13.4. The summed E-state index contributed by atoms with van der Waals surface area (Å²) in [7, 11) is 0. The first-order valence-corrected chi connectivity index (χ1v) is 7.53. The molecule has 0 saturated heterocycles. The lowest BCUT2D eigenvalue weighted by atomic mass is 10.1. The summed E-state index contributed by atoms with van der Waals surface area (Å²) < 4.78 is 11.7. The third-order valence-corrected chi connectivity index (χ3v) is 5.15. The largest absolute Gasteiger partial charge is 0.486 e. The summed E-state index contributed by atoms with van der Waals surface area (Å²) in [4.78, 5) is 12.9. The van der Waals surface area contributed by atoms with E-state index in [2.05, 4.69) is 15.9 Å². The summed E-state index contributed by atoms with van der Waals surface area (Å²) in [6.07, 6.45) is 0. The number of halogens is 2. The van der Waals surface area contributed by atoms with Gasteiger partial charge in [0.15, 0.2) is 11.5 Å². The Bertz CT molecular complexity index is 634. The molecule has 0 aliphatic carbocycles. The van der Waals surface area contributed by atoms with Crippen LogP contribution in [-0.2, 0) is 0 Å². The summed E-state index contributed by atoms with van der Waals surface area (Å²) in [6, 6.07) is 6.86. The van der Waals surface area contributed by atoms with Crippen molar-refractivity contribution in [3.05, 3.63) is 43.5 Å². The summed E-state index contributed by atoms with van der Waals surface area (Å²) in [5.41, 5.74) is 0.565. The maximum absolute atomic E-state index is 12.3. The fraction of sp³-hybridized carbons (Fsp3) is 0.154. The Balaban J connectivity index is 1.95. The van der Waals surface area contributed by atoms with Crippen molar-refractivity contribution in [3.63, 3.8) is 0 Å². The van der Waals surface area contributed by atoms with Crippen LogP contribution in [0.3, 0.4) is 0 Å². The van der Waals surface area contributed by atoms with Gasteiger partial charge in [0.2, 0.25) is 5.78 Å². The molecule has 1 aliphatic heterocycles. The summed E-state index contributed by atoms with van der Waals surface area (Å²) in [5.74, 6) is 1.21. The molecule has 6 heteroatoms. The molecule has 1 aromatic carbocycles. The number of rotatable bonds is 2. The highest BCUT2D eigenvalue weighted by Crippen LogP contribution is 2.35. The number of carbonyl (C=O) groups is 1. The van der Waals surface area contributed by atoms with Crippen molar-refractivity contribution in [3.8, 4) is 11.5 Å². The molecule has 0 amide bonds. The average molecular weight is 360 g/mol. The number of ether oxygens (including phenoxy) is 2. The van der Waals surface area contributed by atoms with Crippen LogP contribution in [0.4, 0.5) is 0 Å². The smallest absolute Gasteiger partial charge is 0.203 e. The minimum atomic E-state index is -0.0745. The first-order chi connectivity index (χ1) is 9.15. The fourth-order valence-electron chi connectivity index (χ4n) is 1.79. The second kappa shape index (κ2) is 5.15. The topological polar surface area (TPSA) is 35.5 Å². The Hall–Kier alpha value is -1.04. The summed E-state index contributed by atoms with van der Waals surface area (Å²) >= 11 is 10.6. The van der Waals surface area contributed by atoms with Crippen LogP contribution in [0.5, 0.6) is 11.5 Å². The quantitative estimate of drug-likeness (QED) is 0.755. The molecule has 0 unspecified atom stereocenters. The van der Waals surface area contributed by atoms with E-state index in [4.69, 9.17) is 21.1 Å². The SMILES string of the molecule is O=C(c1ccc2c(c1)OCCO2)c1cc(Cl)c(Br)s1. The second-order valence-corrected chi connectivity index (χ2v) is 6.70. The van der Waals surface area contributed by atoms with Crippen LogP contribution in [0.15, 0.2) is 28.1 Å². The number of carbonyl (C=O) groups excluding carboxylic acids is 1. The molecule has 0 atom stereocenters. The number of fused-ring (bicyclic) bond motifs is 1. The predicted molar refractivity (Wildman–Crippen MR) is 77.9 cm³/mol. The van der Waals surface area contributed by atoms with Gasteiger partial charge in [-0.15, -0.1) is 11.3 Å². The zero-order valence-corrected chi connectivity index (χ0v) is 12.8. The van der Waals surface area contributed by atoms with Crippen LogP contribution in [-0.4, -0.2) is 19.0 Å². The van der Waals surface area contributed by atoms with Crippen LogP contribution in [0.25, 0.3) is 0 Å². The van der Waals surface area contributed by atoms with Crippen LogP contribution in [0, 0.1) is 0 Å². The Morgan fingerprint density at radius 3 is 2.63 bits per heavy atom. The van der Waals surface area contributed by atoms with Crippen LogP contribution < -0.4 is 9.47 Å². The van der Waals surface area contributed by atoms with Crippen molar-refractivity contribution >= 4 is 44.7 Å². The van der Waals surface area contributed by atoms with Crippen molar-refractivity contribution in [2.45, 2.75) is 0 Å². The molecule has 0 saturated carbocycles. The first-order valence-electron chi connectivity index (χ1n) is 5.54. The van der Waals surface area contributed by atoms with Crippen molar-refractivity contribution in [1.82, 2.24) is 0 Å². The third-order valence-electron chi connectivity index (χ3n) is 2.67. The van der Waals surface area contributed by atoms with E-state index in [9.17, 15) is 4.79 Å². The number of benzene rings is 1. The van der Waals surface area contributed by atoms with E-state index in [0.29, 0.717) is 40.2 Å². The first kappa shape index (κ1) is 13.0. The molecule has 0 radical (unpaired) electrons. The minimum absolute atomic E-state index is 0.0745. The van der Waals surface area contributed by atoms with Gasteiger partial charge in [0.05, 0.1) is 13.7 Å². The van der Waals surface area contributed by atoms with E-state index in [-0.39, 0.29) is 5.78 Å². The van der Waals surface area contributed by atoms with Gasteiger partial charge in [0, 0.05) is 5.56 Å². The summed E-state index contributed by atoms with van der Waals surface area (Å²) in [5, 5.41) is 0.547. The van der Waals surface area contributed by atoms with E-state index in [1.54, 1.807) is 24.3 Å². The molecule has 19 heavy (non-hydrogen) atoms. The molecule has 0 N–H and O–H groups in total. The highest BCUT2D eigenvalue weighted by molar-refractivity contribution is 9.11. The zero-order valence-electron chi connectivity index (χ0n) is 9.61. The van der Waals surface area contributed by atoms with Gasteiger partial charge in [-0.2, -0.15) is 0 Å². The maximum atomic E-state index is 12.3. The van der Waals surface area contributed by atoms with Crippen LogP contribution in [0.2, 0.25) is 5.02 Å². The second-order valence-electron chi connectivity index (χ2n) is 3.92. The molecule has 1 aliphatic rings. The van der Waals surface area contributed by atoms with Crippen molar-refractivity contribution in [2.24, 2.45) is 0 Å². The molecule has 1 aromatic heterocycles. The van der Waals surface area contributed by atoms with Gasteiger partial charge >= 0.3 is 0 Å². The highest BCUT2D eigenvalue weighted by atomic mass is 79.9. The number of thiophene rings is 1. The fourth-order valence-corrected chi connectivity index (χ4v) is 3.45. The molecule has 2 aromatic rings. The van der Waals surface area contributed by atoms with Gasteiger partial charge in [0.1, 0.15) is 13.2 Å². The minimum Gasteiger partial charge on any atom is -0.486 e. The van der Waals surface area contributed by atoms with Crippen molar-refractivity contribution in [2.75, 3.05) is 13.2 Å². The molecule has 2 heterocycles.